The zero-order chi connectivity index (χ0) is 11.7. The average molecular weight is 240 g/mol. The van der Waals surface area contributed by atoms with Crippen LogP contribution in [0.2, 0.25) is 0 Å². The molecule has 3 rings (SSSR count). The predicted octanol–water partition coefficient (Wildman–Crippen LogP) is 3.87. The summed E-state index contributed by atoms with van der Waals surface area (Å²) in [5, 5.41) is 10.2. The zero-order valence-corrected chi connectivity index (χ0v) is 10.0. The van der Waals surface area contributed by atoms with Crippen LogP contribution in [0.4, 0.5) is 0 Å². The number of benzene rings is 2. The molecule has 1 aliphatic rings. The Labute approximate surface area is 105 Å². The summed E-state index contributed by atoms with van der Waals surface area (Å²) in [5.41, 5.74) is 2.14. The van der Waals surface area contributed by atoms with Crippen LogP contribution in [0.25, 0.3) is 6.08 Å². The monoisotopic (exact) mass is 240 g/mol. The molecule has 84 valence electrons. The predicted molar refractivity (Wildman–Crippen MR) is 71.7 cm³/mol. The van der Waals surface area contributed by atoms with E-state index in [9.17, 15) is 5.11 Å². The van der Waals surface area contributed by atoms with Gasteiger partial charge in [0.2, 0.25) is 0 Å². The molecule has 17 heavy (non-hydrogen) atoms. The Kier molecular flexibility index (Phi) is 2.75. The van der Waals surface area contributed by atoms with Crippen LogP contribution in [-0.4, -0.2) is 5.11 Å². The van der Waals surface area contributed by atoms with Gasteiger partial charge in [-0.2, -0.15) is 0 Å². The van der Waals surface area contributed by atoms with Crippen molar-refractivity contribution in [1.82, 2.24) is 0 Å². The van der Waals surface area contributed by atoms with Crippen molar-refractivity contribution < 1.29 is 5.11 Å². The molecule has 0 bridgehead atoms. The normalized spacial score (nSPS) is 20.5. The van der Waals surface area contributed by atoms with Gasteiger partial charge >= 0.3 is 0 Å². The number of thioether (sulfide) groups is 1. The maximum Gasteiger partial charge on any atom is 0.111 e. The number of hydrogen-bond acceptors (Lipinski definition) is 2. The Morgan fingerprint density at radius 1 is 0.941 bits per heavy atom. The van der Waals surface area contributed by atoms with Gasteiger partial charge in [0.1, 0.15) is 6.10 Å². The fourth-order valence-corrected chi connectivity index (χ4v) is 3.09. The lowest BCUT2D eigenvalue weighted by Gasteiger charge is -2.04. The molecule has 0 aromatic heterocycles. The summed E-state index contributed by atoms with van der Waals surface area (Å²) in [4.78, 5) is 2.15. The van der Waals surface area contributed by atoms with Crippen molar-refractivity contribution in [2.24, 2.45) is 0 Å². The Hall–Kier alpha value is -1.51. The van der Waals surface area contributed by atoms with Gasteiger partial charge in [0.15, 0.2) is 0 Å². The molecule has 0 saturated carbocycles. The lowest BCUT2D eigenvalue weighted by Crippen LogP contribution is -1.92. The van der Waals surface area contributed by atoms with E-state index in [0.29, 0.717) is 0 Å². The third kappa shape index (κ3) is 2.02. The molecule has 1 nitrogen and oxygen atoms in total. The van der Waals surface area contributed by atoms with Gasteiger partial charge in [-0.25, -0.2) is 0 Å². The fraction of sp³-hybridized carbons (Fsp3) is 0.0667. The topological polar surface area (TPSA) is 20.2 Å². The average Bonchev–Trinajstić information content (AvgIpc) is 2.68. The zero-order valence-electron chi connectivity index (χ0n) is 9.21. The fourth-order valence-electron chi connectivity index (χ4n) is 1.96. The van der Waals surface area contributed by atoms with Gasteiger partial charge < -0.3 is 5.11 Å². The molecule has 1 atom stereocenters. The molecule has 0 spiro atoms. The maximum absolute atomic E-state index is 10.2. The van der Waals surface area contributed by atoms with E-state index in [1.807, 2.05) is 48.5 Å². The minimum atomic E-state index is -0.476. The summed E-state index contributed by atoms with van der Waals surface area (Å²) in [6.45, 7) is 0. The number of hydrogen-bond donors (Lipinski definition) is 1. The first-order chi connectivity index (χ1) is 8.34. The molecule has 1 heterocycles. The van der Waals surface area contributed by atoms with Crippen molar-refractivity contribution in [3.8, 4) is 0 Å². The molecule has 0 fully saturated rings. The van der Waals surface area contributed by atoms with Crippen LogP contribution in [-0.2, 0) is 0 Å². The van der Waals surface area contributed by atoms with Gasteiger partial charge in [-0.05, 0) is 23.3 Å². The Bertz CT molecular complexity index is 560. The highest BCUT2D eigenvalue weighted by Gasteiger charge is 2.25. The molecule has 0 radical (unpaired) electrons. The van der Waals surface area contributed by atoms with Crippen molar-refractivity contribution in [1.29, 1.82) is 0 Å². The largest absolute Gasteiger partial charge is 0.383 e. The van der Waals surface area contributed by atoms with Crippen molar-refractivity contribution in [3.05, 3.63) is 70.6 Å². The van der Waals surface area contributed by atoms with Crippen LogP contribution < -0.4 is 0 Å². The first-order valence-corrected chi connectivity index (χ1v) is 6.38. The van der Waals surface area contributed by atoms with Crippen molar-refractivity contribution in [2.45, 2.75) is 11.0 Å². The molecule has 1 unspecified atom stereocenters. The van der Waals surface area contributed by atoms with Gasteiger partial charge in [0.25, 0.3) is 0 Å². The van der Waals surface area contributed by atoms with Gasteiger partial charge in [0, 0.05) is 9.80 Å². The van der Waals surface area contributed by atoms with Crippen LogP contribution in [0.1, 0.15) is 17.2 Å². The lowest BCUT2D eigenvalue weighted by molar-refractivity contribution is 0.226. The van der Waals surface area contributed by atoms with E-state index in [1.54, 1.807) is 11.8 Å². The molecule has 0 saturated heterocycles. The SMILES string of the molecule is OC1C(=Cc2ccccc2)Sc2ccccc21. The smallest absolute Gasteiger partial charge is 0.111 e. The first kappa shape index (κ1) is 10.6. The van der Waals surface area contributed by atoms with Crippen molar-refractivity contribution in [3.63, 3.8) is 0 Å². The third-order valence-corrected chi connectivity index (χ3v) is 3.99. The molecule has 0 amide bonds. The molecular formula is C15H12OS. The molecule has 2 heteroatoms. The first-order valence-electron chi connectivity index (χ1n) is 5.56. The quantitative estimate of drug-likeness (QED) is 0.816. The van der Waals surface area contributed by atoms with Gasteiger partial charge in [-0.3, -0.25) is 0 Å². The second kappa shape index (κ2) is 4.40. The van der Waals surface area contributed by atoms with Crippen LogP contribution in [0.3, 0.4) is 0 Å². The standard InChI is InChI=1S/C15H12OS/c16-15-12-8-4-5-9-13(12)17-14(15)10-11-6-2-1-3-7-11/h1-10,15-16H. The highest BCUT2D eigenvalue weighted by atomic mass is 32.2. The molecule has 1 N–H and O–H groups in total. The lowest BCUT2D eigenvalue weighted by atomic mass is 10.1. The summed E-state index contributed by atoms with van der Waals surface area (Å²) < 4.78 is 0. The van der Waals surface area contributed by atoms with Crippen LogP contribution in [0.15, 0.2) is 64.4 Å². The second-order valence-electron chi connectivity index (χ2n) is 4.00. The summed E-state index contributed by atoms with van der Waals surface area (Å²) >= 11 is 1.65. The number of aliphatic hydroxyl groups excluding tert-OH is 1. The Balaban J connectivity index is 1.97. The van der Waals surface area contributed by atoms with Gasteiger partial charge in [-0.1, -0.05) is 60.3 Å². The number of rotatable bonds is 1. The number of aliphatic hydroxyl groups is 1. The van der Waals surface area contributed by atoms with E-state index in [-0.39, 0.29) is 0 Å². The third-order valence-electron chi connectivity index (χ3n) is 2.82. The maximum atomic E-state index is 10.2. The molecule has 1 aliphatic heterocycles. The van der Waals surface area contributed by atoms with E-state index in [4.69, 9.17) is 0 Å². The summed E-state index contributed by atoms with van der Waals surface area (Å²) in [5.74, 6) is 0. The van der Waals surface area contributed by atoms with E-state index >= 15 is 0 Å². The van der Waals surface area contributed by atoms with Gasteiger partial charge in [-0.15, -0.1) is 0 Å². The van der Waals surface area contributed by atoms with Crippen LogP contribution in [0, 0.1) is 0 Å². The van der Waals surface area contributed by atoms with Crippen LogP contribution >= 0.6 is 11.8 Å². The molecule has 2 aromatic carbocycles. The highest BCUT2D eigenvalue weighted by molar-refractivity contribution is 8.03. The van der Waals surface area contributed by atoms with Gasteiger partial charge in [0.05, 0.1) is 0 Å². The summed E-state index contributed by atoms with van der Waals surface area (Å²) in [6, 6.07) is 18.1. The van der Waals surface area contributed by atoms with Crippen LogP contribution in [0.5, 0.6) is 0 Å². The number of fused-ring (bicyclic) bond motifs is 1. The van der Waals surface area contributed by atoms with E-state index in [2.05, 4.69) is 12.1 Å². The molecule has 0 aliphatic carbocycles. The Morgan fingerprint density at radius 2 is 1.65 bits per heavy atom. The van der Waals surface area contributed by atoms with Crippen molar-refractivity contribution >= 4 is 17.8 Å². The highest BCUT2D eigenvalue weighted by Crippen LogP contribution is 2.47. The van der Waals surface area contributed by atoms with E-state index in [1.165, 1.54) is 0 Å². The minimum absolute atomic E-state index is 0.476. The summed E-state index contributed by atoms with van der Waals surface area (Å²) in [7, 11) is 0. The minimum Gasteiger partial charge on any atom is -0.383 e. The van der Waals surface area contributed by atoms with Crippen molar-refractivity contribution in [2.75, 3.05) is 0 Å². The summed E-state index contributed by atoms with van der Waals surface area (Å²) in [6.07, 6.45) is 1.58. The second-order valence-corrected chi connectivity index (χ2v) is 5.12. The molecule has 2 aromatic rings. The Morgan fingerprint density at radius 3 is 2.41 bits per heavy atom. The van der Waals surface area contributed by atoms with E-state index < -0.39 is 6.10 Å². The van der Waals surface area contributed by atoms with E-state index in [0.717, 1.165) is 20.9 Å². The molecular weight excluding hydrogens is 228 g/mol.